The minimum Gasteiger partial charge on any atom is -0.330 e. The number of unbranched alkanes of at least 4 members (excludes halogenated alkanes) is 1. The Morgan fingerprint density at radius 2 is 2.09 bits per heavy atom. The fourth-order valence-electron chi connectivity index (χ4n) is 1.64. The molecule has 11 heavy (non-hydrogen) atoms. The highest BCUT2D eigenvalue weighted by Gasteiger charge is 2.23. The zero-order chi connectivity index (χ0) is 8.10. The highest BCUT2D eigenvalue weighted by molar-refractivity contribution is 4.81. The van der Waals surface area contributed by atoms with Gasteiger partial charge in [-0.1, -0.05) is 6.92 Å². The van der Waals surface area contributed by atoms with Crippen LogP contribution in [0.25, 0.3) is 0 Å². The van der Waals surface area contributed by atoms with Gasteiger partial charge in [0, 0.05) is 6.04 Å². The van der Waals surface area contributed by atoms with Gasteiger partial charge in [0.1, 0.15) is 0 Å². The van der Waals surface area contributed by atoms with Crippen LogP contribution in [0.2, 0.25) is 0 Å². The Labute approximate surface area is 69.5 Å². The number of hydrogen-bond acceptors (Lipinski definition) is 2. The molecule has 0 saturated heterocycles. The summed E-state index contributed by atoms with van der Waals surface area (Å²) in [4.78, 5) is 0. The smallest absolute Gasteiger partial charge is 0.00721 e. The van der Waals surface area contributed by atoms with Crippen molar-refractivity contribution in [2.24, 2.45) is 11.7 Å². The summed E-state index contributed by atoms with van der Waals surface area (Å²) in [6.07, 6.45) is 5.15. The second kappa shape index (κ2) is 4.73. The van der Waals surface area contributed by atoms with E-state index in [1.807, 2.05) is 0 Å². The van der Waals surface area contributed by atoms with E-state index in [1.54, 1.807) is 0 Å². The Kier molecular flexibility index (Phi) is 3.87. The molecule has 0 unspecified atom stereocenters. The van der Waals surface area contributed by atoms with E-state index < -0.39 is 0 Å². The predicted octanol–water partition coefficient (Wildman–Crippen LogP) is 1.11. The van der Waals surface area contributed by atoms with Crippen LogP contribution >= 0.6 is 0 Å². The fraction of sp³-hybridized carbons (Fsp3) is 1.00. The first kappa shape index (κ1) is 9.01. The second-order valence-electron chi connectivity index (χ2n) is 3.72. The Bertz CT molecular complexity index is 97.7. The number of nitrogens with one attached hydrogen (secondary N) is 1. The third kappa shape index (κ3) is 3.21. The van der Waals surface area contributed by atoms with Crippen molar-refractivity contribution in [2.75, 3.05) is 13.1 Å². The van der Waals surface area contributed by atoms with Gasteiger partial charge in [-0.05, 0) is 44.7 Å². The van der Waals surface area contributed by atoms with E-state index in [1.165, 1.54) is 19.3 Å². The zero-order valence-electron chi connectivity index (χ0n) is 7.47. The van der Waals surface area contributed by atoms with E-state index in [0.29, 0.717) is 0 Å². The first-order valence-corrected chi connectivity index (χ1v) is 4.76. The van der Waals surface area contributed by atoms with Crippen LogP contribution in [0, 0.1) is 5.92 Å². The zero-order valence-corrected chi connectivity index (χ0v) is 7.47. The summed E-state index contributed by atoms with van der Waals surface area (Å²) in [6, 6.07) is 0.822. The lowest BCUT2D eigenvalue weighted by molar-refractivity contribution is 0.241. The van der Waals surface area contributed by atoms with Crippen LogP contribution in [0.15, 0.2) is 0 Å². The fourth-order valence-corrected chi connectivity index (χ4v) is 1.64. The molecule has 2 nitrogen and oxygen atoms in total. The lowest BCUT2D eigenvalue weighted by Crippen LogP contribution is -2.40. The first-order valence-electron chi connectivity index (χ1n) is 4.76. The van der Waals surface area contributed by atoms with Crippen molar-refractivity contribution in [3.05, 3.63) is 0 Å². The molecule has 3 N–H and O–H groups in total. The Balaban J connectivity index is 1.81. The molecule has 0 spiro atoms. The van der Waals surface area contributed by atoms with Gasteiger partial charge in [0.15, 0.2) is 0 Å². The SMILES string of the molecule is CC1CC(NCCCCN)C1. The van der Waals surface area contributed by atoms with Crippen LogP contribution in [-0.2, 0) is 0 Å². The van der Waals surface area contributed by atoms with Gasteiger partial charge >= 0.3 is 0 Å². The van der Waals surface area contributed by atoms with Crippen molar-refractivity contribution in [1.29, 1.82) is 0 Å². The largest absolute Gasteiger partial charge is 0.330 e. The van der Waals surface area contributed by atoms with Crippen LogP contribution in [0.5, 0.6) is 0 Å². The van der Waals surface area contributed by atoms with E-state index in [9.17, 15) is 0 Å². The summed E-state index contributed by atoms with van der Waals surface area (Å²) < 4.78 is 0. The van der Waals surface area contributed by atoms with Crippen molar-refractivity contribution < 1.29 is 0 Å². The summed E-state index contributed by atoms with van der Waals surface area (Å²) in [5.41, 5.74) is 5.39. The highest BCUT2D eigenvalue weighted by Crippen LogP contribution is 2.25. The summed E-state index contributed by atoms with van der Waals surface area (Å²) in [5.74, 6) is 0.960. The average molecular weight is 156 g/mol. The summed E-state index contributed by atoms with van der Waals surface area (Å²) >= 11 is 0. The summed E-state index contributed by atoms with van der Waals surface area (Å²) in [7, 11) is 0. The maximum absolute atomic E-state index is 5.39. The highest BCUT2D eigenvalue weighted by atomic mass is 14.9. The molecule has 0 radical (unpaired) electrons. The van der Waals surface area contributed by atoms with Gasteiger partial charge in [-0.25, -0.2) is 0 Å². The maximum Gasteiger partial charge on any atom is 0.00721 e. The maximum atomic E-state index is 5.39. The van der Waals surface area contributed by atoms with Gasteiger partial charge in [0.25, 0.3) is 0 Å². The molecule has 0 aromatic rings. The molecular formula is C9H20N2. The molecule has 0 aliphatic heterocycles. The van der Waals surface area contributed by atoms with Crippen molar-refractivity contribution in [1.82, 2.24) is 5.32 Å². The molecule has 0 amide bonds. The van der Waals surface area contributed by atoms with E-state index >= 15 is 0 Å². The number of rotatable bonds is 5. The van der Waals surface area contributed by atoms with Crippen LogP contribution in [0.4, 0.5) is 0 Å². The van der Waals surface area contributed by atoms with E-state index in [2.05, 4.69) is 12.2 Å². The minimum absolute atomic E-state index is 0.822. The monoisotopic (exact) mass is 156 g/mol. The Morgan fingerprint density at radius 1 is 1.36 bits per heavy atom. The van der Waals surface area contributed by atoms with Crippen molar-refractivity contribution in [3.63, 3.8) is 0 Å². The van der Waals surface area contributed by atoms with Crippen LogP contribution in [-0.4, -0.2) is 19.1 Å². The van der Waals surface area contributed by atoms with Gasteiger partial charge in [0.2, 0.25) is 0 Å². The Morgan fingerprint density at radius 3 is 2.64 bits per heavy atom. The second-order valence-corrected chi connectivity index (χ2v) is 3.72. The molecule has 0 aromatic heterocycles. The predicted molar refractivity (Wildman–Crippen MR) is 48.5 cm³/mol. The third-order valence-corrected chi connectivity index (χ3v) is 2.44. The van der Waals surface area contributed by atoms with Gasteiger partial charge in [-0.3, -0.25) is 0 Å². The van der Waals surface area contributed by atoms with Gasteiger partial charge < -0.3 is 11.1 Å². The molecule has 1 saturated carbocycles. The van der Waals surface area contributed by atoms with Gasteiger partial charge in [-0.2, -0.15) is 0 Å². The van der Waals surface area contributed by atoms with Gasteiger partial charge in [0.05, 0.1) is 0 Å². The molecule has 0 atom stereocenters. The third-order valence-electron chi connectivity index (χ3n) is 2.44. The molecule has 1 aliphatic rings. The molecule has 0 aromatic carbocycles. The molecule has 0 heterocycles. The average Bonchev–Trinajstić information content (AvgIpc) is 1.94. The van der Waals surface area contributed by atoms with Crippen molar-refractivity contribution >= 4 is 0 Å². The Hall–Kier alpha value is -0.0800. The molecule has 1 fully saturated rings. The van der Waals surface area contributed by atoms with Crippen LogP contribution < -0.4 is 11.1 Å². The topological polar surface area (TPSA) is 38.0 Å². The summed E-state index contributed by atoms with van der Waals surface area (Å²) in [5, 5.41) is 3.53. The van der Waals surface area contributed by atoms with E-state index in [4.69, 9.17) is 5.73 Å². The molecule has 2 heteroatoms. The van der Waals surface area contributed by atoms with Crippen LogP contribution in [0.3, 0.4) is 0 Å². The number of hydrogen-bond donors (Lipinski definition) is 2. The van der Waals surface area contributed by atoms with Crippen molar-refractivity contribution in [2.45, 2.75) is 38.6 Å². The minimum atomic E-state index is 0.822. The molecule has 1 rings (SSSR count). The quantitative estimate of drug-likeness (QED) is 0.585. The van der Waals surface area contributed by atoms with E-state index in [-0.39, 0.29) is 0 Å². The lowest BCUT2D eigenvalue weighted by atomic mass is 9.82. The molecule has 0 bridgehead atoms. The van der Waals surface area contributed by atoms with Crippen molar-refractivity contribution in [3.8, 4) is 0 Å². The molecule has 1 aliphatic carbocycles. The van der Waals surface area contributed by atoms with E-state index in [0.717, 1.165) is 31.5 Å². The standard InChI is InChI=1S/C9H20N2/c1-8-6-9(7-8)11-5-3-2-4-10/h8-9,11H,2-7,10H2,1H3. The van der Waals surface area contributed by atoms with Gasteiger partial charge in [-0.15, -0.1) is 0 Å². The van der Waals surface area contributed by atoms with Crippen LogP contribution in [0.1, 0.15) is 32.6 Å². The molecule has 66 valence electrons. The lowest BCUT2D eigenvalue weighted by Gasteiger charge is -2.33. The number of nitrogens with two attached hydrogens (primary N) is 1. The normalized spacial score (nSPS) is 30.0. The molecular weight excluding hydrogens is 136 g/mol. The summed E-state index contributed by atoms with van der Waals surface area (Å²) in [6.45, 7) is 4.31. The first-order chi connectivity index (χ1) is 5.33.